The minimum absolute atomic E-state index is 0.0255. The molecule has 1 N–H and O–H groups in total. The molecule has 5 nitrogen and oxygen atoms in total. The van der Waals surface area contributed by atoms with Gasteiger partial charge in [0.2, 0.25) is 0 Å². The Hall–Kier alpha value is -1.75. The van der Waals surface area contributed by atoms with E-state index in [1.165, 1.54) is 0 Å². The molecule has 0 fully saturated rings. The number of carbonyl (C=O) groups is 1. The van der Waals surface area contributed by atoms with Gasteiger partial charge < -0.3 is 14.6 Å². The van der Waals surface area contributed by atoms with E-state index in [1.54, 1.807) is 20.3 Å². The monoisotopic (exact) mass is 281 g/mol. The van der Waals surface area contributed by atoms with Crippen LogP contribution in [0.25, 0.3) is 0 Å². The average Bonchev–Trinajstić information content (AvgIpc) is 2.36. The minimum atomic E-state index is -0.819. The summed E-state index contributed by atoms with van der Waals surface area (Å²) < 4.78 is 10.5. The van der Waals surface area contributed by atoms with Crippen LogP contribution in [0.1, 0.15) is 19.4 Å². The summed E-state index contributed by atoms with van der Waals surface area (Å²) in [5.41, 5.74) is 0.975. The number of ether oxygens (including phenoxy) is 2. The largest absolute Gasteiger partial charge is 0.497 e. The van der Waals surface area contributed by atoms with Crippen LogP contribution in [0.4, 0.5) is 0 Å². The quantitative estimate of drug-likeness (QED) is 0.792. The van der Waals surface area contributed by atoms with Crippen LogP contribution >= 0.6 is 0 Å². The summed E-state index contributed by atoms with van der Waals surface area (Å²) in [6.45, 7) is 5.45. The zero-order chi connectivity index (χ0) is 15.1. The maximum atomic E-state index is 10.9. The Morgan fingerprint density at radius 2 is 1.75 bits per heavy atom. The van der Waals surface area contributed by atoms with Crippen LogP contribution in [0.3, 0.4) is 0 Å². The lowest BCUT2D eigenvalue weighted by molar-refractivity contribution is -0.138. The van der Waals surface area contributed by atoms with Gasteiger partial charge in [0.25, 0.3) is 0 Å². The molecular formula is C15H23NO4. The fourth-order valence-corrected chi connectivity index (χ4v) is 2.11. The van der Waals surface area contributed by atoms with E-state index >= 15 is 0 Å². The summed E-state index contributed by atoms with van der Waals surface area (Å²) in [5.74, 6) is 1.00. The van der Waals surface area contributed by atoms with Crippen molar-refractivity contribution in [1.29, 1.82) is 0 Å². The van der Waals surface area contributed by atoms with E-state index in [9.17, 15) is 4.79 Å². The van der Waals surface area contributed by atoms with Crippen LogP contribution in [0, 0.1) is 5.92 Å². The standard InChI is InChI=1S/C15H23NO4/c1-11(2)8-16(10-15(17)18)9-12-5-13(19-3)7-14(6-12)20-4/h5-7,11H,8-10H2,1-4H3,(H,17,18). The van der Waals surface area contributed by atoms with Gasteiger partial charge in [-0.05, 0) is 23.6 Å². The smallest absolute Gasteiger partial charge is 0.317 e. The molecule has 0 spiro atoms. The average molecular weight is 281 g/mol. The number of hydrogen-bond donors (Lipinski definition) is 1. The van der Waals surface area contributed by atoms with Crippen LogP contribution < -0.4 is 9.47 Å². The topological polar surface area (TPSA) is 59.0 Å². The minimum Gasteiger partial charge on any atom is -0.497 e. The van der Waals surface area contributed by atoms with E-state index in [4.69, 9.17) is 14.6 Å². The molecule has 1 aromatic carbocycles. The fourth-order valence-electron chi connectivity index (χ4n) is 2.11. The molecule has 0 amide bonds. The third kappa shape index (κ3) is 5.48. The lowest BCUT2D eigenvalue weighted by atomic mass is 10.1. The van der Waals surface area contributed by atoms with Gasteiger partial charge in [-0.15, -0.1) is 0 Å². The highest BCUT2D eigenvalue weighted by Crippen LogP contribution is 2.23. The zero-order valence-corrected chi connectivity index (χ0v) is 12.5. The second-order valence-corrected chi connectivity index (χ2v) is 5.18. The molecule has 5 heteroatoms. The molecule has 0 aliphatic carbocycles. The van der Waals surface area contributed by atoms with Crippen molar-refractivity contribution in [2.75, 3.05) is 27.3 Å². The van der Waals surface area contributed by atoms with Gasteiger partial charge in [-0.1, -0.05) is 13.8 Å². The van der Waals surface area contributed by atoms with Crippen LogP contribution in [-0.2, 0) is 11.3 Å². The number of hydrogen-bond acceptors (Lipinski definition) is 4. The van der Waals surface area contributed by atoms with E-state index in [1.807, 2.05) is 17.0 Å². The third-order valence-corrected chi connectivity index (χ3v) is 2.80. The molecule has 0 atom stereocenters. The van der Waals surface area contributed by atoms with Crippen molar-refractivity contribution in [3.8, 4) is 11.5 Å². The van der Waals surface area contributed by atoms with Gasteiger partial charge in [0.15, 0.2) is 0 Å². The van der Waals surface area contributed by atoms with Crippen molar-refractivity contribution >= 4 is 5.97 Å². The summed E-state index contributed by atoms with van der Waals surface area (Å²) in [6.07, 6.45) is 0. The first-order valence-corrected chi connectivity index (χ1v) is 6.60. The summed E-state index contributed by atoms with van der Waals surface area (Å²) in [4.78, 5) is 12.8. The van der Waals surface area contributed by atoms with Crippen molar-refractivity contribution in [1.82, 2.24) is 4.90 Å². The second-order valence-electron chi connectivity index (χ2n) is 5.18. The molecule has 0 unspecified atom stereocenters. The normalized spacial score (nSPS) is 10.9. The van der Waals surface area contributed by atoms with E-state index in [2.05, 4.69) is 13.8 Å². The van der Waals surface area contributed by atoms with Crippen LogP contribution in [0.2, 0.25) is 0 Å². The highest BCUT2D eigenvalue weighted by Gasteiger charge is 2.13. The van der Waals surface area contributed by atoms with Gasteiger partial charge in [0.1, 0.15) is 11.5 Å². The number of methoxy groups -OCH3 is 2. The first kappa shape index (κ1) is 16.3. The molecule has 20 heavy (non-hydrogen) atoms. The Bertz CT molecular complexity index is 423. The third-order valence-electron chi connectivity index (χ3n) is 2.80. The summed E-state index contributed by atoms with van der Waals surface area (Å²) in [6, 6.07) is 5.60. The molecule has 0 aliphatic heterocycles. The molecule has 0 bridgehead atoms. The van der Waals surface area contributed by atoms with Gasteiger partial charge >= 0.3 is 5.97 Å². The van der Waals surface area contributed by atoms with Gasteiger partial charge in [0.05, 0.1) is 20.8 Å². The maximum Gasteiger partial charge on any atom is 0.317 e. The first-order chi connectivity index (χ1) is 9.44. The van der Waals surface area contributed by atoms with Crippen LogP contribution in [0.15, 0.2) is 18.2 Å². The van der Waals surface area contributed by atoms with Gasteiger partial charge in [-0.25, -0.2) is 0 Å². The SMILES string of the molecule is COc1cc(CN(CC(=O)O)CC(C)C)cc(OC)c1. The first-order valence-electron chi connectivity index (χ1n) is 6.60. The predicted octanol–water partition coefficient (Wildman–Crippen LogP) is 2.25. The van der Waals surface area contributed by atoms with Crippen molar-refractivity contribution in [3.63, 3.8) is 0 Å². The van der Waals surface area contributed by atoms with Crippen molar-refractivity contribution in [2.24, 2.45) is 5.92 Å². The molecule has 0 heterocycles. The van der Waals surface area contributed by atoms with E-state index in [-0.39, 0.29) is 6.54 Å². The Labute approximate surface area is 120 Å². The molecule has 0 radical (unpaired) electrons. The fraction of sp³-hybridized carbons (Fsp3) is 0.533. The summed E-state index contributed by atoms with van der Waals surface area (Å²) in [5, 5.41) is 8.99. The molecular weight excluding hydrogens is 258 g/mol. The summed E-state index contributed by atoms with van der Waals surface area (Å²) >= 11 is 0. The van der Waals surface area contributed by atoms with Gasteiger partial charge in [-0.2, -0.15) is 0 Å². The Morgan fingerprint density at radius 3 is 2.15 bits per heavy atom. The van der Waals surface area contributed by atoms with Crippen LogP contribution in [-0.4, -0.2) is 43.3 Å². The van der Waals surface area contributed by atoms with Gasteiger partial charge in [-0.3, -0.25) is 9.69 Å². The second kappa shape index (κ2) is 7.75. The van der Waals surface area contributed by atoms with Crippen molar-refractivity contribution < 1.29 is 19.4 Å². The number of benzene rings is 1. The predicted molar refractivity (Wildman–Crippen MR) is 77.3 cm³/mol. The number of rotatable bonds is 8. The van der Waals surface area contributed by atoms with Gasteiger partial charge in [0, 0.05) is 19.2 Å². The molecule has 1 aromatic rings. The number of nitrogens with zero attached hydrogens (tertiary/aromatic N) is 1. The lowest BCUT2D eigenvalue weighted by Gasteiger charge is -2.22. The van der Waals surface area contributed by atoms with E-state index in [0.29, 0.717) is 24.0 Å². The maximum absolute atomic E-state index is 10.9. The number of carboxylic acid groups (broad SMARTS) is 1. The van der Waals surface area contributed by atoms with E-state index in [0.717, 1.165) is 12.1 Å². The van der Waals surface area contributed by atoms with Crippen LogP contribution in [0.5, 0.6) is 11.5 Å². The molecule has 0 aromatic heterocycles. The molecule has 112 valence electrons. The molecule has 0 aliphatic rings. The highest BCUT2D eigenvalue weighted by molar-refractivity contribution is 5.69. The van der Waals surface area contributed by atoms with Crippen molar-refractivity contribution in [2.45, 2.75) is 20.4 Å². The molecule has 1 rings (SSSR count). The summed E-state index contributed by atoms with van der Waals surface area (Å²) in [7, 11) is 3.20. The lowest BCUT2D eigenvalue weighted by Crippen LogP contribution is -2.32. The number of carboxylic acids is 1. The molecule has 0 saturated carbocycles. The Morgan fingerprint density at radius 1 is 1.20 bits per heavy atom. The number of aliphatic carboxylic acids is 1. The zero-order valence-electron chi connectivity index (χ0n) is 12.5. The highest BCUT2D eigenvalue weighted by atomic mass is 16.5. The van der Waals surface area contributed by atoms with E-state index < -0.39 is 5.97 Å². The Balaban J connectivity index is 2.88. The van der Waals surface area contributed by atoms with Crippen molar-refractivity contribution in [3.05, 3.63) is 23.8 Å². The Kier molecular flexibility index (Phi) is 6.31. The molecule has 0 saturated heterocycles.